The van der Waals surface area contributed by atoms with Crippen LogP contribution in [0.25, 0.3) is 6.08 Å². The molecule has 1 N–H and O–H groups in total. The fourth-order valence-electron chi connectivity index (χ4n) is 2.58. The SMILES string of the molecule is O=C(/C=C/c1cccc(C(F)(F)F)c1)NCc1cccc(Cn2cncn2)c1. The first kappa shape index (κ1) is 19.3. The van der Waals surface area contributed by atoms with Crippen LogP contribution < -0.4 is 5.32 Å². The third-order valence-corrected chi connectivity index (χ3v) is 3.91. The monoisotopic (exact) mass is 386 g/mol. The van der Waals surface area contributed by atoms with Gasteiger partial charge in [-0.25, -0.2) is 9.67 Å². The Morgan fingerprint density at radius 3 is 2.64 bits per heavy atom. The van der Waals surface area contributed by atoms with E-state index in [1.54, 1.807) is 11.0 Å². The molecule has 0 bridgehead atoms. The van der Waals surface area contributed by atoms with Crippen LogP contribution in [-0.2, 0) is 24.1 Å². The van der Waals surface area contributed by atoms with Gasteiger partial charge in [0.15, 0.2) is 0 Å². The Morgan fingerprint density at radius 1 is 1.11 bits per heavy atom. The van der Waals surface area contributed by atoms with Crippen molar-refractivity contribution >= 4 is 12.0 Å². The highest BCUT2D eigenvalue weighted by Crippen LogP contribution is 2.29. The third-order valence-electron chi connectivity index (χ3n) is 3.91. The standard InChI is InChI=1S/C20H17F3N4O/c21-20(22,23)18-6-2-3-15(10-18)7-8-19(28)25-11-16-4-1-5-17(9-16)12-27-14-24-13-26-27/h1-10,13-14H,11-12H2,(H,25,28)/b8-7+. The molecule has 144 valence electrons. The average molecular weight is 386 g/mol. The molecule has 0 spiro atoms. The van der Waals surface area contributed by atoms with Gasteiger partial charge in [0, 0.05) is 12.6 Å². The summed E-state index contributed by atoms with van der Waals surface area (Å²) in [6, 6.07) is 12.4. The van der Waals surface area contributed by atoms with Crippen LogP contribution in [0.1, 0.15) is 22.3 Å². The van der Waals surface area contributed by atoms with Gasteiger partial charge in [-0.15, -0.1) is 0 Å². The molecule has 1 aromatic heterocycles. The van der Waals surface area contributed by atoms with Crippen LogP contribution in [0, 0.1) is 0 Å². The molecule has 2 aromatic carbocycles. The molecule has 0 atom stereocenters. The Labute approximate surface area is 159 Å². The van der Waals surface area contributed by atoms with Crippen molar-refractivity contribution in [2.24, 2.45) is 0 Å². The first-order valence-corrected chi connectivity index (χ1v) is 8.43. The largest absolute Gasteiger partial charge is 0.416 e. The lowest BCUT2D eigenvalue weighted by atomic mass is 10.1. The molecule has 5 nitrogen and oxygen atoms in total. The summed E-state index contributed by atoms with van der Waals surface area (Å²) in [6.07, 6.45) is 1.23. The molecule has 0 saturated carbocycles. The number of aromatic nitrogens is 3. The fraction of sp³-hybridized carbons (Fsp3) is 0.150. The molecule has 0 aliphatic rings. The van der Waals surface area contributed by atoms with Gasteiger partial charge in [-0.3, -0.25) is 4.79 Å². The minimum Gasteiger partial charge on any atom is -0.348 e. The van der Waals surface area contributed by atoms with Gasteiger partial charge in [0.25, 0.3) is 0 Å². The van der Waals surface area contributed by atoms with Crippen molar-refractivity contribution in [1.82, 2.24) is 20.1 Å². The number of carbonyl (C=O) groups excluding carboxylic acids is 1. The number of benzene rings is 2. The van der Waals surface area contributed by atoms with Crippen molar-refractivity contribution in [3.05, 3.63) is 89.5 Å². The molecule has 0 radical (unpaired) electrons. The van der Waals surface area contributed by atoms with Crippen molar-refractivity contribution in [1.29, 1.82) is 0 Å². The third kappa shape index (κ3) is 5.54. The van der Waals surface area contributed by atoms with E-state index in [1.165, 1.54) is 30.6 Å². The molecule has 0 saturated heterocycles. The van der Waals surface area contributed by atoms with E-state index in [1.807, 2.05) is 24.3 Å². The van der Waals surface area contributed by atoms with E-state index in [4.69, 9.17) is 0 Å². The smallest absolute Gasteiger partial charge is 0.348 e. The van der Waals surface area contributed by atoms with E-state index in [0.29, 0.717) is 18.7 Å². The Morgan fingerprint density at radius 2 is 1.89 bits per heavy atom. The average Bonchev–Trinajstić information content (AvgIpc) is 3.17. The van der Waals surface area contributed by atoms with Crippen molar-refractivity contribution < 1.29 is 18.0 Å². The summed E-state index contributed by atoms with van der Waals surface area (Å²) in [5, 5.41) is 6.76. The predicted molar refractivity (Wildman–Crippen MR) is 97.9 cm³/mol. The molecule has 1 amide bonds. The summed E-state index contributed by atoms with van der Waals surface area (Å²) in [5.41, 5.74) is 1.47. The predicted octanol–water partition coefficient (Wildman–Crippen LogP) is 3.67. The van der Waals surface area contributed by atoms with Gasteiger partial charge in [0.1, 0.15) is 12.7 Å². The first-order valence-electron chi connectivity index (χ1n) is 8.43. The number of alkyl halides is 3. The van der Waals surface area contributed by atoms with Crippen LogP contribution in [0.4, 0.5) is 13.2 Å². The van der Waals surface area contributed by atoms with Crippen LogP contribution in [-0.4, -0.2) is 20.7 Å². The van der Waals surface area contributed by atoms with Gasteiger partial charge in [0.2, 0.25) is 5.91 Å². The zero-order valence-electron chi connectivity index (χ0n) is 14.7. The second kappa shape index (κ2) is 8.51. The highest BCUT2D eigenvalue weighted by molar-refractivity contribution is 5.91. The number of halogens is 3. The normalized spacial score (nSPS) is 11.7. The zero-order chi connectivity index (χ0) is 20.0. The molecule has 8 heteroatoms. The summed E-state index contributed by atoms with van der Waals surface area (Å²) in [5.74, 6) is -0.390. The first-order chi connectivity index (χ1) is 13.4. The lowest BCUT2D eigenvalue weighted by Crippen LogP contribution is -2.20. The van der Waals surface area contributed by atoms with Crippen LogP contribution >= 0.6 is 0 Å². The molecule has 3 rings (SSSR count). The van der Waals surface area contributed by atoms with Gasteiger partial charge < -0.3 is 5.32 Å². The summed E-state index contributed by atoms with van der Waals surface area (Å²) in [6.45, 7) is 0.869. The van der Waals surface area contributed by atoms with Gasteiger partial charge >= 0.3 is 6.18 Å². The number of carbonyl (C=O) groups is 1. The number of nitrogens with zero attached hydrogens (tertiary/aromatic N) is 3. The zero-order valence-corrected chi connectivity index (χ0v) is 14.7. The Kier molecular flexibility index (Phi) is 5.88. The molecule has 0 aliphatic carbocycles. The summed E-state index contributed by atoms with van der Waals surface area (Å²) in [4.78, 5) is 15.9. The van der Waals surface area contributed by atoms with E-state index in [9.17, 15) is 18.0 Å². The molecule has 0 aliphatic heterocycles. The van der Waals surface area contributed by atoms with E-state index in [0.717, 1.165) is 23.3 Å². The lowest BCUT2D eigenvalue weighted by Gasteiger charge is -2.07. The molecule has 3 aromatic rings. The lowest BCUT2D eigenvalue weighted by molar-refractivity contribution is -0.137. The van der Waals surface area contributed by atoms with E-state index >= 15 is 0 Å². The van der Waals surface area contributed by atoms with Gasteiger partial charge in [-0.1, -0.05) is 36.4 Å². The molecular formula is C20H17F3N4O. The topological polar surface area (TPSA) is 59.8 Å². The number of rotatable bonds is 6. The second-order valence-electron chi connectivity index (χ2n) is 6.09. The highest BCUT2D eigenvalue weighted by Gasteiger charge is 2.30. The maximum Gasteiger partial charge on any atom is 0.416 e. The fourth-order valence-corrected chi connectivity index (χ4v) is 2.58. The maximum absolute atomic E-state index is 12.7. The number of nitrogens with one attached hydrogen (secondary N) is 1. The van der Waals surface area contributed by atoms with Gasteiger partial charge in [0.05, 0.1) is 12.1 Å². The summed E-state index contributed by atoms with van der Waals surface area (Å²) < 4.78 is 39.8. The van der Waals surface area contributed by atoms with E-state index in [-0.39, 0.29) is 5.91 Å². The molecule has 0 fully saturated rings. The van der Waals surface area contributed by atoms with Crippen LogP contribution in [0.5, 0.6) is 0 Å². The number of amides is 1. The van der Waals surface area contributed by atoms with Crippen molar-refractivity contribution in [3.8, 4) is 0 Å². The summed E-state index contributed by atoms with van der Waals surface area (Å²) in [7, 11) is 0. The van der Waals surface area contributed by atoms with Gasteiger partial charge in [-0.05, 0) is 34.9 Å². The van der Waals surface area contributed by atoms with Gasteiger partial charge in [-0.2, -0.15) is 18.3 Å². The second-order valence-corrected chi connectivity index (χ2v) is 6.09. The molecule has 28 heavy (non-hydrogen) atoms. The minimum absolute atomic E-state index is 0.303. The van der Waals surface area contributed by atoms with Crippen LogP contribution in [0.15, 0.2) is 67.3 Å². The molecule has 1 heterocycles. The Bertz CT molecular complexity index is 966. The minimum atomic E-state index is -4.41. The Balaban J connectivity index is 1.56. The van der Waals surface area contributed by atoms with E-state index < -0.39 is 11.7 Å². The Hall–Kier alpha value is -3.42. The molecular weight excluding hydrogens is 369 g/mol. The van der Waals surface area contributed by atoms with Crippen molar-refractivity contribution in [2.45, 2.75) is 19.3 Å². The molecule has 0 unspecified atom stereocenters. The van der Waals surface area contributed by atoms with Crippen LogP contribution in [0.2, 0.25) is 0 Å². The number of hydrogen-bond donors (Lipinski definition) is 1. The number of hydrogen-bond acceptors (Lipinski definition) is 3. The maximum atomic E-state index is 12.7. The highest BCUT2D eigenvalue weighted by atomic mass is 19.4. The van der Waals surface area contributed by atoms with E-state index in [2.05, 4.69) is 15.4 Å². The van der Waals surface area contributed by atoms with Crippen LogP contribution in [0.3, 0.4) is 0 Å². The van der Waals surface area contributed by atoms with Crippen molar-refractivity contribution in [3.63, 3.8) is 0 Å². The quantitative estimate of drug-likeness (QED) is 0.658. The van der Waals surface area contributed by atoms with Crippen molar-refractivity contribution in [2.75, 3.05) is 0 Å². The summed E-state index contributed by atoms with van der Waals surface area (Å²) >= 11 is 0.